The van der Waals surface area contributed by atoms with Gasteiger partial charge in [-0.3, -0.25) is 20.1 Å². The first-order valence-corrected chi connectivity index (χ1v) is 9.51. The second kappa shape index (κ2) is 6.59. The number of fused-ring (bicyclic) bond motifs is 2. The highest BCUT2D eigenvalue weighted by Crippen LogP contribution is 2.33. The maximum atomic E-state index is 4.55. The Labute approximate surface area is 170 Å². The van der Waals surface area contributed by atoms with Crippen LogP contribution in [0, 0.1) is 0 Å². The minimum absolute atomic E-state index is 0.799. The van der Waals surface area contributed by atoms with E-state index in [4.69, 9.17) is 0 Å². The Balaban J connectivity index is 1.52. The van der Waals surface area contributed by atoms with Crippen molar-refractivity contribution < 1.29 is 0 Å². The van der Waals surface area contributed by atoms with E-state index in [1.54, 1.807) is 24.8 Å². The SMILES string of the molecule is c1ccc(-c2ccnc3[nH]c(-c4n[nH]c5cnc(-c6ccncc6)cc45)cc23)nc1. The molecule has 6 rings (SSSR count). The molecule has 0 saturated carbocycles. The molecule has 30 heavy (non-hydrogen) atoms. The standard InChI is InChI=1S/C23H15N7/c1-2-7-25-18(3-1)15-6-10-26-23-16(15)11-20(28-23)22-17-12-19(14-4-8-24-9-5-14)27-13-21(17)29-30-22/h1-13H,(H,26,28)(H,29,30). The van der Waals surface area contributed by atoms with Gasteiger partial charge in [-0.25, -0.2) is 4.98 Å². The van der Waals surface area contributed by atoms with Crippen LogP contribution < -0.4 is 0 Å². The molecule has 142 valence electrons. The first-order chi connectivity index (χ1) is 14.9. The largest absolute Gasteiger partial charge is 0.338 e. The molecule has 0 saturated heterocycles. The van der Waals surface area contributed by atoms with Crippen molar-refractivity contribution in [3.8, 4) is 33.9 Å². The summed E-state index contributed by atoms with van der Waals surface area (Å²) in [6, 6.07) is 15.9. The Morgan fingerprint density at radius 2 is 1.67 bits per heavy atom. The molecule has 0 aliphatic heterocycles. The van der Waals surface area contributed by atoms with Gasteiger partial charge in [0.2, 0.25) is 0 Å². The highest BCUT2D eigenvalue weighted by molar-refractivity contribution is 5.99. The lowest BCUT2D eigenvalue weighted by Gasteiger charge is -2.01. The quantitative estimate of drug-likeness (QED) is 0.460. The third-order valence-corrected chi connectivity index (χ3v) is 5.15. The number of nitrogens with zero attached hydrogens (tertiary/aromatic N) is 5. The van der Waals surface area contributed by atoms with Crippen molar-refractivity contribution in [2.75, 3.05) is 0 Å². The number of nitrogens with one attached hydrogen (secondary N) is 2. The van der Waals surface area contributed by atoms with Crippen molar-refractivity contribution in [3.05, 3.63) is 79.5 Å². The maximum Gasteiger partial charge on any atom is 0.138 e. The molecule has 0 radical (unpaired) electrons. The summed E-state index contributed by atoms with van der Waals surface area (Å²) in [4.78, 5) is 21.0. The van der Waals surface area contributed by atoms with Gasteiger partial charge in [-0.1, -0.05) is 6.07 Å². The Morgan fingerprint density at radius 3 is 2.53 bits per heavy atom. The molecular weight excluding hydrogens is 374 g/mol. The molecule has 0 spiro atoms. The van der Waals surface area contributed by atoms with Crippen molar-refractivity contribution in [2.45, 2.75) is 0 Å². The van der Waals surface area contributed by atoms with Crippen LogP contribution in [0.25, 0.3) is 55.8 Å². The van der Waals surface area contributed by atoms with E-state index in [1.165, 1.54) is 0 Å². The summed E-state index contributed by atoms with van der Waals surface area (Å²) in [6.07, 6.45) is 8.92. The normalized spacial score (nSPS) is 11.3. The van der Waals surface area contributed by atoms with Crippen LogP contribution in [0.4, 0.5) is 0 Å². The van der Waals surface area contributed by atoms with Gasteiger partial charge in [0.1, 0.15) is 11.3 Å². The number of hydrogen-bond acceptors (Lipinski definition) is 5. The molecule has 7 heteroatoms. The van der Waals surface area contributed by atoms with Gasteiger partial charge in [0.15, 0.2) is 0 Å². The molecule has 0 aliphatic rings. The van der Waals surface area contributed by atoms with Crippen LogP contribution in [-0.4, -0.2) is 35.1 Å². The zero-order chi connectivity index (χ0) is 19.9. The summed E-state index contributed by atoms with van der Waals surface area (Å²) in [6.45, 7) is 0. The first kappa shape index (κ1) is 16.6. The average Bonchev–Trinajstić information content (AvgIpc) is 3.43. The van der Waals surface area contributed by atoms with E-state index in [0.717, 1.165) is 55.8 Å². The summed E-state index contributed by atoms with van der Waals surface area (Å²) in [5.41, 5.74) is 7.21. The van der Waals surface area contributed by atoms with Gasteiger partial charge in [-0.05, 0) is 42.5 Å². The van der Waals surface area contributed by atoms with Crippen LogP contribution in [-0.2, 0) is 0 Å². The topological polar surface area (TPSA) is 96.0 Å². The lowest BCUT2D eigenvalue weighted by atomic mass is 10.1. The molecule has 2 N–H and O–H groups in total. The lowest BCUT2D eigenvalue weighted by molar-refractivity contribution is 1.11. The molecule has 6 aromatic heterocycles. The van der Waals surface area contributed by atoms with Gasteiger partial charge in [0, 0.05) is 46.7 Å². The van der Waals surface area contributed by atoms with Crippen LogP contribution in [0.5, 0.6) is 0 Å². The second-order valence-corrected chi connectivity index (χ2v) is 6.94. The highest BCUT2D eigenvalue weighted by Gasteiger charge is 2.15. The van der Waals surface area contributed by atoms with E-state index < -0.39 is 0 Å². The zero-order valence-corrected chi connectivity index (χ0v) is 15.7. The average molecular weight is 389 g/mol. The number of rotatable bonds is 3. The molecule has 0 atom stereocenters. The van der Waals surface area contributed by atoms with E-state index in [0.29, 0.717) is 0 Å². The summed E-state index contributed by atoms with van der Waals surface area (Å²) < 4.78 is 0. The Morgan fingerprint density at radius 1 is 0.733 bits per heavy atom. The van der Waals surface area contributed by atoms with Crippen molar-refractivity contribution in [2.24, 2.45) is 0 Å². The minimum atomic E-state index is 0.799. The first-order valence-electron chi connectivity index (χ1n) is 9.51. The minimum Gasteiger partial charge on any atom is -0.338 e. The molecule has 0 amide bonds. The van der Waals surface area contributed by atoms with Crippen molar-refractivity contribution >= 4 is 21.9 Å². The van der Waals surface area contributed by atoms with Crippen LogP contribution >= 0.6 is 0 Å². The molecule has 0 fully saturated rings. The zero-order valence-electron chi connectivity index (χ0n) is 15.7. The van der Waals surface area contributed by atoms with Gasteiger partial charge < -0.3 is 4.98 Å². The van der Waals surface area contributed by atoms with Crippen LogP contribution in [0.15, 0.2) is 79.5 Å². The van der Waals surface area contributed by atoms with Crippen molar-refractivity contribution in [3.63, 3.8) is 0 Å². The summed E-state index contributed by atoms with van der Waals surface area (Å²) in [5.74, 6) is 0. The molecule has 6 heterocycles. The summed E-state index contributed by atoms with van der Waals surface area (Å²) >= 11 is 0. The van der Waals surface area contributed by atoms with Crippen LogP contribution in [0.2, 0.25) is 0 Å². The molecule has 0 aromatic carbocycles. The Hall–Kier alpha value is -4.39. The number of aromatic amines is 2. The molecule has 0 bridgehead atoms. The van der Waals surface area contributed by atoms with E-state index in [2.05, 4.69) is 41.2 Å². The predicted molar refractivity (Wildman–Crippen MR) is 115 cm³/mol. The van der Waals surface area contributed by atoms with E-state index in [1.807, 2.05) is 48.7 Å². The molecule has 0 unspecified atom stereocenters. The molecule has 7 nitrogen and oxygen atoms in total. The number of pyridine rings is 4. The lowest BCUT2D eigenvalue weighted by Crippen LogP contribution is -1.84. The highest BCUT2D eigenvalue weighted by atomic mass is 15.1. The fourth-order valence-corrected chi connectivity index (χ4v) is 3.70. The summed E-state index contributed by atoms with van der Waals surface area (Å²) in [5, 5.41) is 9.62. The summed E-state index contributed by atoms with van der Waals surface area (Å²) in [7, 11) is 0. The van der Waals surface area contributed by atoms with Gasteiger partial charge in [-0.15, -0.1) is 0 Å². The number of aromatic nitrogens is 7. The third kappa shape index (κ3) is 2.64. The molecular formula is C23H15N7. The molecule has 0 aliphatic carbocycles. The Kier molecular flexibility index (Phi) is 3.64. The fraction of sp³-hybridized carbons (Fsp3) is 0. The van der Waals surface area contributed by atoms with Gasteiger partial charge in [0.05, 0.1) is 28.8 Å². The van der Waals surface area contributed by atoms with Gasteiger partial charge in [-0.2, -0.15) is 5.10 Å². The third-order valence-electron chi connectivity index (χ3n) is 5.15. The van der Waals surface area contributed by atoms with Gasteiger partial charge >= 0.3 is 0 Å². The monoisotopic (exact) mass is 389 g/mol. The molecule has 6 aromatic rings. The number of H-pyrrole nitrogens is 2. The van der Waals surface area contributed by atoms with E-state index in [-0.39, 0.29) is 0 Å². The van der Waals surface area contributed by atoms with Crippen molar-refractivity contribution in [1.29, 1.82) is 0 Å². The smallest absolute Gasteiger partial charge is 0.138 e. The predicted octanol–water partition coefficient (Wildman–Crippen LogP) is 4.63. The van der Waals surface area contributed by atoms with Crippen LogP contribution in [0.1, 0.15) is 0 Å². The number of hydrogen-bond donors (Lipinski definition) is 2. The van der Waals surface area contributed by atoms with E-state index in [9.17, 15) is 0 Å². The van der Waals surface area contributed by atoms with Gasteiger partial charge in [0.25, 0.3) is 0 Å². The fourth-order valence-electron chi connectivity index (χ4n) is 3.70. The van der Waals surface area contributed by atoms with Crippen LogP contribution in [0.3, 0.4) is 0 Å². The maximum absolute atomic E-state index is 4.55. The second-order valence-electron chi connectivity index (χ2n) is 6.94. The Bertz CT molecular complexity index is 1480. The van der Waals surface area contributed by atoms with Crippen molar-refractivity contribution in [1.82, 2.24) is 35.1 Å². The van der Waals surface area contributed by atoms with E-state index >= 15 is 0 Å².